The summed E-state index contributed by atoms with van der Waals surface area (Å²) in [5.74, 6) is 0.184. The Morgan fingerprint density at radius 1 is 0.741 bits per heavy atom. The van der Waals surface area contributed by atoms with Gasteiger partial charge in [-0.2, -0.15) is 0 Å². The van der Waals surface area contributed by atoms with E-state index in [-0.39, 0.29) is 17.9 Å². The fourth-order valence-corrected chi connectivity index (χ4v) is 5.12. The maximum Gasteiger partial charge on any atom is 0.262 e. The van der Waals surface area contributed by atoms with Gasteiger partial charge in [0.2, 0.25) is 0 Å². The summed E-state index contributed by atoms with van der Waals surface area (Å²) in [7, 11) is 0. The number of rotatable bonds is 2. The highest BCUT2D eigenvalue weighted by Gasteiger charge is 2.43. The van der Waals surface area contributed by atoms with Crippen LogP contribution in [0.25, 0.3) is 21.5 Å². The molecule has 1 fully saturated rings. The van der Waals surface area contributed by atoms with Gasteiger partial charge in [-0.3, -0.25) is 14.5 Å². The second-order valence-electron chi connectivity index (χ2n) is 7.96. The molecule has 0 N–H and O–H groups in total. The second-order valence-corrected chi connectivity index (χ2v) is 7.96. The van der Waals surface area contributed by atoms with Crippen LogP contribution < -0.4 is 0 Å². The van der Waals surface area contributed by atoms with Gasteiger partial charge >= 0.3 is 0 Å². The van der Waals surface area contributed by atoms with Crippen LogP contribution in [-0.2, 0) is 0 Å². The van der Waals surface area contributed by atoms with Crippen molar-refractivity contribution in [3.63, 3.8) is 0 Å². The molecule has 0 spiro atoms. The van der Waals surface area contributed by atoms with E-state index in [0.717, 1.165) is 34.4 Å². The van der Waals surface area contributed by atoms with Gasteiger partial charge in [0.15, 0.2) is 0 Å². The molecule has 1 heterocycles. The number of hydrogen-bond donors (Lipinski definition) is 0. The van der Waals surface area contributed by atoms with Crippen molar-refractivity contribution in [1.82, 2.24) is 4.90 Å². The minimum Gasteiger partial charge on any atom is -0.271 e. The van der Waals surface area contributed by atoms with E-state index in [0.29, 0.717) is 17.0 Å². The summed E-state index contributed by atoms with van der Waals surface area (Å²) in [6, 6.07) is 15.9. The van der Waals surface area contributed by atoms with Gasteiger partial charge in [0.05, 0.1) is 11.1 Å². The number of benzene rings is 3. The van der Waals surface area contributed by atoms with Crippen molar-refractivity contribution in [3.05, 3.63) is 59.7 Å². The summed E-state index contributed by atoms with van der Waals surface area (Å²) in [6.07, 6.45) is 5.88. The van der Waals surface area contributed by atoms with Crippen molar-refractivity contribution in [1.29, 1.82) is 0 Å². The van der Waals surface area contributed by atoms with Gasteiger partial charge in [0.1, 0.15) is 0 Å². The van der Waals surface area contributed by atoms with Crippen LogP contribution in [0, 0.1) is 5.92 Å². The average Bonchev–Trinajstić information content (AvgIpc) is 2.99. The van der Waals surface area contributed by atoms with Gasteiger partial charge in [-0.15, -0.1) is 0 Å². The molecular formula is C24H23NO2. The minimum absolute atomic E-state index is 0.0461. The quantitative estimate of drug-likeness (QED) is 0.445. The van der Waals surface area contributed by atoms with E-state index in [9.17, 15) is 9.59 Å². The first-order valence-electron chi connectivity index (χ1n) is 10.00. The highest BCUT2D eigenvalue weighted by Crippen LogP contribution is 2.40. The highest BCUT2D eigenvalue weighted by atomic mass is 16.2. The molecule has 0 aromatic heterocycles. The molecule has 3 heteroatoms. The summed E-state index contributed by atoms with van der Waals surface area (Å²) in [4.78, 5) is 28.5. The minimum atomic E-state index is -0.116. The molecule has 1 saturated carbocycles. The molecule has 3 aromatic carbocycles. The zero-order valence-electron chi connectivity index (χ0n) is 15.6. The first-order valence-corrected chi connectivity index (χ1v) is 10.00. The smallest absolute Gasteiger partial charge is 0.262 e. The summed E-state index contributed by atoms with van der Waals surface area (Å²) in [6.45, 7) is 2.06. The Bertz CT molecular complexity index is 1000. The largest absolute Gasteiger partial charge is 0.271 e. The Morgan fingerprint density at radius 2 is 1.19 bits per heavy atom. The Kier molecular flexibility index (Phi) is 3.78. The average molecular weight is 357 g/mol. The normalized spacial score (nSPS) is 19.1. The van der Waals surface area contributed by atoms with Gasteiger partial charge in [-0.1, -0.05) is 67.8 Å². The molecule has 0 unspecified atom stereocenters. The van der Waals surface area contributed by atoms with Gasteiger partial charge in [0, 0.05) is 6.04 Å². The number of imide groups is 1. The number of carbonyl (C=O) groups is 2. The second kappa shape index (κ2) is 6.19. The number of fused-ring (bicyclic) bond motifs is 6. The van der Waals surface area contributed by atoms with Crippen LogP contribution in [0.15, 0.2) is 48.5 Å². The molecular weight excluding hydrogens is 334 g/mol. The first-order chi connectivity index (χ1) is 13.2. The van der Waals surface area contributed by atoms with Gasteiger partial charge in [0.25, 0.3) is 11.8 Å². The van der Waals surface area contributed by atoms with Crippen LogP contribution in [0.3, 0.4) is 0 Å². The van der Waals surface area contributed by atoms with Crippen LogP contribution in [-0.4, -0.2) is 22.8 Å². The van der Waals surface area contributed by atoms with E-state index in [4.69, 9.17) is 0 Å². The van der Waals surface area contributed by atoms with E-state index in [1.54, 1.807) is 4.90 Å². The molecule has 3 nitrogen and oxygen atoms in total. The molecule has 5 rings (SSSR count). The topological polar surface area (TPSA) is 37.4 Å². The lowest BCUT2D eigenvalue weighted by Crippen LogP contribution is -2.43. The third-order valence-electron chi connectivity index (χ3n) is 6.54. The fraction of sp³-hybridized carbons (Fsp3) is 0.333. The van der Waals surface area contributed by atoms with Crippen LogP contribution in [0.5, 0.6) is 0 Å². The standard InChI is InChI=1S/C24H23NO2/c1-15(16-9-3-2-4-10-16)25-23(26)21-19-13-7-5-11-17(19)18-12-6-8-14-20(18)22(21)24(25)27/h5-8,11-16H,2-4,9-10H2,1H3/t15-/m1/s1. The van der Waals surface area contributed by atoms with Crippen molar-refractivity contribution < 1.29 is 9.59 Å². The summed E-state index contributed by atoms with van der Waals surface area (Å²) in [5, 5.41) is 3.87. The molecule has 0 bridgehead atoms. The number of nitrogens with zero attached hydrogens (tertiary/aromatic N) is 1. The van der Waals surface area contributed by atoms with Crippen molar-refractivity contribution >= 4 is 33.4 Å². The molecule has 2 aliphatic rings. The SMILES string of the molecule is C[C@H](C1CCCCC1)N1C(=O)c2c(c3ccccc3c3ccccc23)C1=O. The van der Waals surface area contributed by atoms with E-state index in [1.165, 1.54) is 19.3 Å². The van der Waals surface area contributed by atoms with Crippen molar-refractivity contribution in [3.8, 4) is 0 Å². The Labute approximate surface area is 159 Å². The molecule has 1 atom stereocenters. The third-order valence-corrected chi connectivity index (χ3v) is 6.54. The monoisotopic (exact) mass is 357 g/mol. The van der Waals surface area contributed by atoms with E-state index in [2.05, 4.69) is 6.92 Å². The van der Waals surface area contributed by atoms with E-state index in [1.807, 2.05) is 48.5 Å². The van der Waals surface area contributed by atoms with Gasteiger partial charge in [-0.05, 0) is 47.2 Å². The van der Waals surface area contributed by atoms with Crippen LogP contribution in [0.1, 0.15) is 59.7 Å². The zero-order valence-corrected chi connectivity index (χ0v) is 15.6. The fourth-order valence-electron chi connectivity index (χ4n) is 5.12. The summed E-state index contributed by atoms with van der Waals surface area (Å²) >= 11 is 0. The van der Waals surface area contributed by atoms with Crippen molar-refractivity contribution in [2.75, 3.05) is 0 Å². The zero-order chi connectivity index (χ0) is 18.5. The maximum absolute atomic E-state index is 13.5. The van der Waals surface area contributed by atoms with Crippen LogP contribution in [0.4, 0.5) is 0 Å². The molecule has 3 aromatic rings. The highest BCUT2D eigenvalue weighted by molar-refractivity contribution is 6.33. The lowest BCUT2D eigenvalue weighted by molar-refractivity contribution is 0.0522. The first kappa shape index (κ1) is 16.5. The number of amides is 2. The maximum atomic E-state index is 13.5. The number of hydrogen-bond acceptors (Lipinski definition) is 2. The molecule has 136 valence electrons. The predicted molar refractivity (Wildman–Crippen MR) is 108 cm³/mol. The summed E-state index contributed by atoms with van der Waals surface area (Å²) in [5.41, 5.74) is 1.19. The number of carbonyl (C=O) groups excluding carboxylic acids is 2. The molecule has 1 aliphatic heterocycles. The Balaban J connectivity index is 1.72. The van der Waals surface area contributed by atoms with Crippen molar-refractivity contribution in [2.45, 2.75) is 45.1 Å². The van der Waals surface area contributed by atoms with E-state index < -0.39 is 0 Å². The molecule has 0 radical (unpaired) electrons. The molecule has 27 heavy (non-hydrogen) atoms. The van der Waals surface area contributed by atoms with Gasteiger partial charge in [-0.25, -0.2) is 0 Å². The summed E-state index contributed by atoms with van der Waals surface area (Å²) < 4.78 is 0. The van der Waals surface area contributed by atoms with Gasteiger partial charge < -0.3 is 0 Å². The lowest BCUT2D eigenvalue weighted by atomic mass is 9.84. The Morgan fingerprint density at radius 3 is 1.67 bits per heavy atom. The van der Waals surface area contributed by atoms with Crippen molar-refractivity contribution in [2.24, 2.45) is 5.92 Å². The van der Waals surface area contributed by atoms with E-state index >= 15 is 0 Å². The third kappa shape index (κ3) is 2.34. The lowest BCUT2D eigenvalue weighted by Gasteiger charge is -2.33. The molecule has 2 amide bonds. The van der Waals surface area contributed by atoms with Crippen LogP contribution in [0.2, 0.25) is 0 Å². The van der Waals surface area contributed by atoms with Crippen LogP contribution >= 0.6 is 0 Å². The molecule has 0 saturated heterocycles. The predicted octanol–water partition coefficient (Wildman–Crippen LogP) is 5.56. The Hall–Kier alpha value is -2.68. The molecule has 1 aliphatic carbocycles.